The molecular formula is C50H39ClF2N4O10S2. The fraction of sp³-hybridized carbons (Fsp3) is 0.180. The van der Waals surface area contributed by atoms with Crippen LogP contribution in [0.4, 0.5) is 8.78 Å². The molecule has 1 unspecified atom stereocenters. The van der Waals surface area contributed by atoms with Crippen LogP contribution in [-0.2, 0) is 25.5 Å². The first-order valence-corrected chi connectivity index (χ1v) is 23.7. The highest BCUT2D eigenvalue weighted by Crippen LogP contribution is 2.50. The van der Waals surface area contributed by atoms with E-state index in [2.05, 4.69) is 19.9 Å². The molecule has 1 N–H and O–H groups in total. The van der Waals surface area contributed by atoms with Crippen LogP contribution in [0.1, 0.15) is 28.7 Å². The van der Waals surface area contributed by atoms with Crippen LogP contribution in [-0.4, -0.2) is 72.0 Å². The van der Waals surface area contributed by atoms with E-state index in [1.807, 2.05) is 6.92 Å². The van der Waals surface area contributed by atoms with E-state index in [0.717, 1.165) is 5.56 Å². The molecule has 0 amide bonds. The number of aryl methyl sites for hydroxylation is 1. The predicted molar refractivity (Wildman–Crippen MR) is 253 cm³/mol. The van der Waals surface area contributed by atoms with E-state index in [-0.39, 0.29) is 56.7 Å². The van der Waals surface area contributed by atoms with E-state index in [1.165, 1.54) is 79.5 Å². The van der Waals surface area contributed by atoms with E-state index in [0.29, 0.717) is 48.7 Å². The van der Waals surface area contributed by atoms with Crippen molar-refractivity contribution in [2.24, 2.45) is 0 Å². The summed E-state index contributed by atoms with van der Waals surface area (Å²) in [5, 5.41) is 11.3. The summed E-state index contributed by atoms with van der Waals surface area (Å²) < 4.78 is 93.3. The molecule has 0 saturated heterocycles. The van der Waals surface area contributed by atoms with Gasteiger partial charge in [0.1, 0.15) is 58.9 Å². The Kier molecular flexibility index (Phi) is 13.4. The molecule has 2 aliphatic heterocycles. The molecule has 0 aliphatic carbocycles. The zero-order valence-corrected chi connectivity index (χ0v) is 39.1. The van der Waals surface area contributed by atoms with Crippen molar-refractivity contribution >= 4 is 49.2 Å². The lowest BCUT2D eigenvalue weighted by Gasteiger charge is -2.22. The molecule has 3 atom stereocenters. The average Bonchev–Trinajstić information content (AvgIpc) is 3.74. The standard InChI is InChI=1S/C50H39ClF2N4O10S2/c1-27-8-15-34(16-9-27)69(60,61)64-25-33-24-63-32-14-18-38(66-46(53)37-20-21-54-47(57-37)36-6-4-5-7-39(36)62-3)30(22-32)23-41(50(58)59)67-48-43-42(35-17-19-40(65-33)44(51)28(35)2)45(68-49(43)56-26-55-48)29-10-12-31(52)13-11-29/h4-22,26,33,41,46H,23-25H2,1-3H3,(H,58,59)/t33-,41-,46?/m1/s1. The summed E-state index contributed by atoms with van der Waals surface area (Å²) in [6, 6.07) is 27.9. The quantitative estimate of drug-likeness (QED) is 0.121. The Morgan fingerprint density at radius 3 is 2.48 bits per heavy atom. The summed E-state index contributed by atoms with van der Waals surface area (Å²) in [5.41, 5.74) is 3.53. The number of alkyl halides is 1. The smallest absolute Gasteiger partial charge is 0.345 e. The molecule has 0 spiro atoms. The van der Waals surface area contributed by atoms with Gasteiger partial charge in [0, 0.05) is 28.6 Å². The molecule has 0 radical (unpaired) electrons. The second-order valence-corrected chi connectivity index (χ2v) is 18.7. The first-order chi connectivity index (χ1) is 33.3. The van der Waals surface area contributed by atoms with Crippen LogP contribution in [0, 0.1) is 19.7 Å². The van der Waals surface area contributed by atoms with E-state index in [9.17, 15) is 22.7 Å². The van der Waals surface area contributed by atoms with E-state index in [1.54, 1.807) is 67.6 Å². The van der Waals surface area contributed by atoms with Crippen molar-refractivity contribution in [2.45, 2.75) is 43.7 Å². The van der Waals surface area contributed by atoms with Crippen LogP contribution in [0.25, 0.3) is 43.2 Å². The number of carboxylic acid groups (broad SMARTS) is 1. The summed E-state index contributed by atoms with van der Waals surface area (Å²) in [5.74, 6) is -1.09. The van der Waals surface area contributed by atoms with Gasteiger partial charge in [0.05, 0.1) is 28.0 Å². The number of methoxy groups -OCH3 is 1. The highest BCUT2D eigenvalue weighted by atomic mass is 35.5. The SMILES string of the molecule is COc1ccccc1-c1nccc(C(F)Oc2ccc3cc2C[C@H](C(=O)O)Oc2ncnc4sc(-c5ccc(F)cc5)c(c24)-c2ccc(c(Cl)c2C)O[C@@H](COS(=O)(=O)c2ccc(C)cc2)CO3)n1. The average molecular weight is 993 g/mol. The molecule has 8 aromatic rings. The number of fused-ring (bicyclic) bond motifs is 7. The third kappa shape index (κ3) is 10.0. The Bertz CT molecular complexity index is 3330. The van der Waals surface area contributed by atoms with Crippen LogP contribution < -0.4 is 23.7 Å². The van der Waals surface area contributed by atoms with Crippen molar-refractivity contribution in [3.8, 4) is 61.8 Å². The van der Waals surface area contributed by atoms with E-state index >= 15 is 4.39 Å². The van der Waals surface area contributed by atoms with E-state index < -0.39 is 53.5 Å². The number of aliphatic carboxylic acids is 1. The van der Waals surface area contributed by atoms with Gasteiger partial charge in [-0.3, -0.25) is 4.18 Å². The molecule has 3 aromatic heterocycles. The van der Waals surface area contributed by atoms with Gasteiger partial charge in [-0.25, -0.2) is 29.1 Å². The number of ether oxygens (including phenoxy) is 5. The lowest BCUT2D eigenvalue weighted by molar-refractivity contribution is -0.145. The number of carboxylic acids is 1. The van der Waals surface area contributed by atoms with Gasteiger partial charge in [-0.05, 0) is 97.3 Å². The number of halogens is 3. The molecule has 2 aliphatic rings. The first kappa shape index (κ1) is 46.8. The van der Waals surface area contributed by atoms with Crippen LogP contribution in [0.3, 0.4) is 0 Å². The van der Waals surface area contributed by atoms with Crippen molar-refractivity contribution in [1.29, 1.82) is 0 Å². The maximum atomic E-state index is 16.4. The number of hydrogen-bond acceptors (Lipinski definition) is 14. The second kappa shape index (κ2) is 19.8. The molecule has 19 heteroatoms. The van der Waals surface area contributed by atoms with Crippen LogP contribution >= 0.6 is 22.9 Å². The minimum Gasteiger partial charge on any atom is -0.496 e. The maximum Gasteiger partial charge on any atom is 0.345 e. The van der Waals surface area contributed by atoms with E-state index in [4.69, 9.17) is 39.5 Å². The summed E-state index contributed by atoms with van der Waals surface area (Å²) in [6.07, 6.45) is -2.78. The predicted octanol–water partition coefficient (Wildman–Crippen LogP) is 10.6. The Hall–Kier alpha value is -7.25. The molecule has 352 valence electrons. The van der Waals surface area contributed by atoms with Gasteiger partial charge < -0.3 is 28.8 Å². The number of rotatable bonds is 11. The number of carbonyl (C=O) groups is 1. The highest BCUT2D eigenvalue weighted by molar-refractivity contribution is 7.86. The van der Waals surface area contributed by atoms with Crippen LogP contribution in [0.5, 0.6) is 28.9 Å². The topological polar surface area (TPSA) is 178 Å². The lowest BCUT2D eigenvalue weighted by atomic mass is 9.96. The second-order valence-electron chi connectivity index (χ2n) is 15.7. The van der Waals surface area contributed by atoms with Crippen molar-refractivity contribution in [3.63, 3.8) is 0 Å². The molecule has 10 rings (SSSR count). The number of nitrogens with zero attached hydrogens (tertiary/aromatic N) is 4. The van der Waals surface area contributed by atoms with Crippen LogP contribution in [0.2, 0.25) is 5.02 Å². The molecule has 0 saturated carbocycles. The summed E-state index contributed by atoms with van der Waals surface area (Å²) >= 11 is 8.35. The minimum absolute atomic E-state index is 0.0700. The van der Waals surface area contributed by atoms with Gasteiger partial charge in [-0.1, -0.05) is 59.6 Å². The van der Waals surface area contributed by atoms with Gasteiger partial charge in [0.2, 0.25) is 12.0 Å². The van der Waals surface area contributed by atoms with Crippen molar-refractivity contribution in [2.75, 3.05) is 20.3 Å². The Balaban J connectivity index is 1.15. The Morgan fingerprint density at radius 1 is 0.928 bits per heavy atom. The van der Waals surface area contributed by atoms with Gasteiger partial charge in [0.25, 0.3) is 16.5 Å². The van der Waals surface area contributed by atoms with Crippen molar-refractivity contribution < 1.29 is 55.0 Å². The van der Waals surface area contributed by atoms with Crippen LogP contribution in [0.15, 0.2) is 127 Å². The summed E-state index contributed by atoms with van der Waals surface area (Å²) in [7, 11) is -2.79. The number of hydrogen-bond donors (Lipinski definition) is 1. The maximum absolute atomic E-state index is 16.4. The molecule has 4 bridgehead atoms. The van der Waals surface area contributed by atoms with Gasteiger partial charge >= 0.3 is 5.97 Å². The first-order valence-electron chi connectivity index (χ1n) is 21.1. The minimum atomic E-state index is -4.28. The number of thiophene rings is 1. The number of aromatic nitrogens is 4. The monoisotopic (exact) mass is 992 g/mol. The van der Waals surface area contributed by atoms with Gasteiger partial charge in [0.15, 0.2) is 11.9 Å². The molecule has 5 heterocycles. The summed E-state index contributed by atoms with van der Waals surface area (Å²) in [4.78, 5) is 31.9. The Labute approximate surface area is 403 Å². The zero-order valence-electron chi connectivity index (χ0n) is 36.8. The zero-order chi connectivity index (χ0) is 48.4. The number of para-hydroxylation sites is 1. The molecule has 0 fully saturated rings. The normalized spacial score (nSPS) is 15.3. The molecule has 69 heavy (non-hydrogen) atoms. The van der Waals surface area contributed by atoms with Crippen molar-refractivity contribution in [3.05, 3.63) is 155 Å². The Morgan fingerprint density at radius 2 is 1.71 bits per heavy atom. The fourth-order valence-corrected chi connectivity index (χ4v) is 9.87. The van der Waals surface area contributed by atoms with Gasteiger partial charge in [-0.15, -0.1) is 11.3 Å². The summed E-state index contributed by atoms with van der Waals surface area (Å²) in [6.45, 7) is 2.72. The third-order valence-electron chi connectivity index (χ3n) is 11.1. The largest absolute Gasteiger partial charge is 0.496 e. The fourth-order valence-electron chi connectivity index (χ4n) is 7.57. The molecular weight excluding hydrogens is 954 g/mol. The third-order valence-corrected chi connectivity index (χ3v) is 14.0. The number of benzene rings is 5. The highest BCUT2D eigenvalue weighted by Gasteiger charge is 2.31. The van der Waals surface area contributed by atoms with Gasteiger partial charge in [-0.2, -0.15) is 12.8 Å². The van der Waals surface area contributed by atoms with Crippen molar-refractivity contribution in [1.82, 2.24) is 19.9 Å². The molecule has 5 aromatic carbocycles. The lowest BCUT2D eigenvalue weighted by Crippen LogP contribution is -2.31. The molecule has 14 nitrogen and oxygen atoms in total.